The molecule has 2 amide bonds. The number of methoxy groups -OCH3 is 1. The quantitative estimate of drug-likeness (QED) is 0.320. The molecule has 0 saturated carbocycles. The lowest BCUT2D eigenvalue weighted by Gasteiger charge is -2.29. The first-order valence-corrected chi connectivity index (χ1v) is 13.9. The van der Waals surface area contributed by atoms with E-state index in [4.69, 9.17) is 4.74 Å². The number of ether oxygens (including phenoxy) is 1. The van der Waals surface area contributed by atoms with Crippen LogP contribution in [-0.2, 0) is 17.8 Å². The normalized spacial score (nSPS) is 12.6. The molecule has 200 valence electrons. The van der Waals surface area contributed by atoms with Crippen molar-refractivity contribution in [1.29, 1.82) is 0 Å². The second kappa shape index (κ2) is 11.7. The van der Waals surface area contributed by atoms with Crippen molar-refractivity contribution in [3.8, 4) is 11.4 Å². The Bertz CT molecular complexity index is 1500. The monoisotopic (exact) mass is 541 g/mol. The number of rotatable bonds is 8. The molecule has 1 N–H and O–H groups in total. The number of nitrogens with zero attached hydrogens (tertiary/aromatic N) is 4. The van der Waals surface area contributed by atoms with Crippen LogP contribution in [0.5, 0.6) is 5.75 Å². The van der Waals surface area contributed by atoms with Crippen LogP contribution in [0.3, 0.4) is 0 Å². The fourth-order valence-electron chi connectivity index (χ4n) is 4.71. The summed E-state index contributed by atoms with van der Waals surface area (Å²) in [5.41, 5.74) is 5.78. The Hall–Kier alpha value is -4.11. The van der Waals surface area contributed by atoms with Crippen LogP contribution in [0.4, 0.5) is 5.69 Å². The molecule has 0 spiro atoms. The van der Waals surface area contributed by atoms with E-state index in [0.717, 1.165) is 35.3 Å². The molecule has 2 heterocycles. The van der Waals surface area contributed by atoms with E-state index >= 15 is 0 Å². The highest BCUT2D eigenvalue weighted by Crippen LogP contribution is 2.29. The van der Waals surface area contributed by atoms with E-state index in [-0.39, 0.29) is 24.1 Å². The van der Waals surface area contributed by atoms with Crippen LogP contribution in [0.2, 0.25) is 0 Å². The topological polar surface area (TPSA) is 89.3 Å². The molecule has 5 rings (SSSR count). The minimum absolute atomic E-state index is 0.0389. The first-order chi connectivity index (χ1) is 18.9. The molecule has 3 aromatic carbocycles. The van der Waals surface area contributed by atoms with E-state index in [2.05, 4.69) is 39.8 Å². The summed E-state index contributed by atoms with van der Waals surface area (Å²) in [4.78, 5) is 28.0. The maximum atomic E-state index is 13.3. The van der Waals surface area contributed by atoms with Gasteiger partial charge in [-0.1, -0.05) is 42.1 Å². The maximum absolute atomic E-state index is 13.3. The van der Waals surface area contributed by atoms with Crippen LogP contribution in [0, 0.1) is 13.8 Å². The predicted octanol–water partition coefficient (Wildman–Crippen LogP) is 4.89. The maximum Gasteiger partial charge on any atom is 0.251 e. The smallest absolute Gasteiger partial charge is 0.251 e. The van der Waals surface area contributed by atoms with Crippen molar-refractivity contribution in [2.24, 2.45) is 0 Å². The lowest BCUT2D eigenvalue weighted by Crippen LogP contribution is -2.36. The number of fused-ring (bicyclic) bond motifs is 1. The lowest BCUT2D eigenvalue weighted by atomic mass is 10.0. The van der Waals surface area contributed by atoms with Gasteiger partial charge in [-0.25, -0.2) is 0 Å². The summed E-state index contributed by atoms with van der Waals surface area (Å²) in [7, 11) is 1.59. The van der Waals surface area contributed by atoms with Crippen molar-refractivity contribution < 1.29 is 14.3 Å². The summed E-state index contributed by atoms with van der Waals surface area (Å²) in [5.74, 6) is 1.32. The van der Waals surface area contributed by atoms with E-state index in [1.807, 2.05) is 41.5 Å². The Balaban J connectivity index is 1.37. The predicted molar refractivity (Wildman–Crippen MR) is 153 cm³/mol. The van der Waals surface area contributed by atoms with Crippen LogP contribution in [0.25, 0.3) is 5.69 Å². The Morgan fingerprint density at radius 2 is 1.79 bits per heavy atom. The highest BCUT2D eigenvalue weighted by atomic mass is 32.2. The van der Waals surface area contributed by atoms with Gasteiger partial charge < -0.3 is 15.0 Å². The molecule has 0 aliphatic carbocycles. The third kappa shape index (κ3) is 5.83. The number of aryl methyl sites for hydroxylation is 3. The minimum atomic E-state index is -0.221. The zero-order valence-electron chi connectivity index (χ0n) is 22.3. The van der Waals surface area contributed by atoms with Crippen molar-refractivity contribution in [2.45, 2.75) is 38.4 Å². The largest absolute Gasteiger partial charge is 0.497 e. The van der Waals surface area contributed by atoms with Gasteiger partial charge in [0.1, 0.15) is 5.75 Å². The molecule has 0 bridgehead atoms. The van der Waals surface area contributed by atoms with Crippen LogP contribution in [-0.4, -0.2) is 46.0 Å². The van der Waals surface area contributed by atoms with Crippen molar-refractivity contribution >= 4 is 29.3 Å². The van der Waals surface area contributed by atoms with E-state index in [9.17, 15) is 9.59 Å². The van der Waals surface area contributed by atoms with Crippen molar-refractivity contribution in [1.82, 2.24) is 20.1 Å². The van der Waals surface area contributed by atoms with Gasteiger partial charge in [0.05, 0.1) is 25.1 Å². The van der Waals surface area contributed by atoms with Gasteiger partial charge in [-0.2, -0.15) is 0 Å². The van der Waals surface area contributed by atoms with E-state index < -0.39 is 0 Å². The van der Waals surface area contributed by atoms with Gasteiger partial charge in [-0.05, 0) is 79.8 Å². The molecule has 0 fully saturated rings. The number of nitrogens with one attached hydrogen (secondary N) is 1. The van der Waals surface area contributed by atoms with E-state index in [1.54, 1.807) is 31.4 Å². The summed E-state index contributed by atoms with van der Waals surface area (Å²) in [6.07, 6.45) is 1.93. The number of hydrogen-bond donors (Lipinski definition) is 1. The highest BCUT2D eigenvalue weighted by Gasteiger charge is 2.24. The number of thioether (sulfide) groups is 1. The average Bonchev–Trinajstić information content (AvgIpc) is 3.38. The number of carbonyl (C=O) groups excluding carboxylic acids is 2. The molecule has 9 heteroatoms. The number of hydrogen-bond acceptors (Lipinski definition) is 6. The molecular formula is C30H31N5O3S. The van der Waals surface area contributed by atoms with Crippen molar-refractivity contribution in [2.75, 3.05) is 24.3 Å². The lowest BCUT2D eigenvalue weighted by molar-refractivity contribution is -0.116. The fraction of sp³-hybridized carbons (Fsp3) is 0.267. The molecule has 0 saturated heterocycles. The van der Waals surface area contributed by atoms with Gasteiger partial charge in [0.2, 0.25) is 5.91 Å². The molecule has 4 aromatic rings. The minimum Gasteiger partial charge on any atom is -0.497 e. The number of carbonyl (C=O) groups is 2. The first-order valence-electron chi connectivity index (χ1n) is 12.9. The number of para-hydroxylation sites is 1. The molecule has 0 atom stereocenters. The molecule has 1 aliphatic heterocycles. The molecule has 8 nitrogen and oxygen atoms in total. The number of anilines is 1. The zero-order valence-corrected chi connectivity index (χ0v) is 23.1. The summed E-state index contributed by atoms with van der Waals surface area (Å²) < 4.78 is 7.12. The molecule has 39 heavy (non-hydrogen) atoms. The Kier molecular flexibility index (Phi) is 7.97. The first kappa shape index (κ1) is 26.5. The number of benzene rings is 3. The van der Waals surface area contributed by atoms with Gasteiger partial charge in [0, 0.05) is 17.8 Å². The Morgan fingerprint density at radius 3 is 2.59 bits per heavy atom. The number of aromatic nitrogens is 3. The van der Waals surface area contributed by atoms with Crippen LogP contribution < -0.4 is 15.0 Å². The number of amides is 2. The van der Waals surface area contributed by atoms with Gasteiger partial charge in [-0.3, -0.25) is 14.2 Å². The zero-order chi connectivity index (χ0) is 27.4. The van der Waals surface area contributed by atoms with Crippen LogP contribution in [0.1, 0.15) is 39.3 Å². The molecule has 0 radical (unpaired) electrons. The molecular weight excluding hydrogens is 510 g/mol. The SMILES string of the molecule is COc1ccc(C(=O)NCc2nnc(SCC(=O)N3CCCc4ccccc43)n2-c2cc(C)ccc2C)cc1. The van der Waals surface area contributed by atoms with Crippen LogP contribution >= 0.6 is 11.8 Å². The average molecular weight is 542 g/mol. The van der Waals surface area contributed by atoms with Crippen molar-refractivity contribution in [3.63, 3.8) is 0 Å². The van der Waals surface area contributed by atoms with Gasteiger partial charge in [-0.15, -0.1) is 10.2 Å². The van der Waals surface area contributed by atoms with Gasteiger partial charge in [0.25, 0.3) is 5.91 Å². The van der Waals surface area contributed by atoms with Gasteiger partial charge >= 0.3 is 0 Å². The second-order valence-corrected chi connectivity index (χ2v) is 10.4. The third-order valence-corrected chi connectivity index (χ3v) is 7.71. The Labute approximate surface area is 232 Å². The van der Waals surface area contributed by atoms with Gasteiger partial charge in [0.15, 0.2) is 11.0 Å². The summed E-state index contributed by atoms with van der Waals surface area (Å²) in [6.45, 7) is 4.95. The molecule has 1 aliphatic rings. The summed E-state index contributed by atoms with van der Waals surface area (Å²) in [6, 6.07) is 21.2. The van der Waals surface area contributed by atoms with E-state index in [1.165, 1.54) is 17.3 Å². The Morgan fingerprint density at radius 1 is 1.00 bits per heavy atom. The molecule has 0 unspecified atom stereocenters. The second-order valence-electron chi connectivity index (χ2n) is 9.50. The van der Waals surface area contributed by atoms with Crippen LogP contribution in [0.15, 0.2) is 71.9 Å². The third-order valence-electron chi connectivity index (χ3n) is 6.80. The van der Waals surface area contributed by atoms with Crippen molar-refractivity contribution in [3.05, 3.63) is 94.8 Å². The summed E-state index contributed by atoms with van der Waals surface area (Å²) in [5, 5.41) is 12.4. The molecule has 1 aromatic heterocycles. The fourth-order valence-corrected chi connectivity index (χ4v) is 5.55. The summed E-state index contributed by atoms with van der Waals surface area (Å²) >= 11 is 1.36. The van der Waals surface area contributed by atoms with E-state index in [0.29, 0.717) is 28.8 Å². The standard InChI is InChI=1S/C30H31N5O3S/c1-20-10-11-21(2)26(17-20)35-27(18-31-29(37)23-12-14-24(38-3)15-13-23)32-33-30(35)39-19-28(36)34-16-6-8-22-7-4-5-9-25(22)34/h4-5,7,9-15,17H,6,8,16,18-19H2,1-3H3,(H,31,37). The highest BCUT2D eigenvalue weighted by molar-refractivity contribution is 7.99.